The van der Waals surface area contributed by atoms with Crippen molar-refractivity contribution in [1.82, 2.24) is 4.98 Å². The molecule has 2 aromatic rings. The summed E-state index contributed by atoms with van der Waals surface area (Å²) in [5, 5.41) is 1.04. The fourth-order valence-electron chi connectivity index (χ4n) is 1.12. The number of benzene rings is 1. The van der Waals surface area contributed by atoms with Crippen LogP contribution in [0.4, 0.5) is 0 Å². The first-order chi connectivity index (χ1) is 7.65. The number of ether oxygens (including phenoxy) is 1. The Morgan fingerprint density at radius 3 is 2.69 bits per heavy atom. The van der Waals surface area contributed by atoms with Crippen LogP contribution in [0, 0.1) is 0 Å². The molecule has 0 radical (unpaired) electrons. The second-order valence-corrected chi connectivity index (χ2v) is 4.76. The molecule has 0 saturated carbocycles. The highest BCUT2D eigenvalue weighted by atomic mass is 79.9. The van der Waals surface area contributed by atoms with Gasteiger partial charge in [0.25, 0.3) is 0 Å². The van der Waals surface area contributed by atoms with Gasteiger partial charge in [0.1, 0.15) is 10.8 Å². The van der Waals surface area contributed by atoms with E-state index in [2.05, 4.69) is 20.9 Å². The van der Waals surface area contributed by atoms with Crippen molar-refractivity contribution in [3.8, 4) is 11.6 Å². The van der Waals surface area contributed by atoms with E-state index in [1.807, 2.05) is 0 Å². The third kappa shape index (κ3) is 2.88. The predicted octanol–water partition coefficient (Wildman–Crippen LogP) is 4.94. The second-order valence-electron chi connectivity index (χ2n) is 3.00. The molecule has 1 aromatic carbocycles. The van der Waals surface area contributed by atoms with Crippen LogP contribution < -0.4 is 4.74 Å². The molecule has 0 saturated heterocycles. The number of hydrogen-bond donors (Lipinski definition) is 0. The molecule has 0 bridgehead atoms. The Balaban J connectivity index is 2.27. The molecule has 0 spiro atoms. The summed E-state index contributed by atoms with van der Waals surface area (Å²) in [6.07, 6.45) is 1.62. The van der Waals surface area contributed by atoms with Crippen LogP contribution in [-0.4, -0.2) is 4.98 Å². The minimum atomic E-state index is 0.354. The highest BCUT2D eigenvalue weighted by molar-refractivity contribution is 9.10. The molecule has 0 aliphatic carbocycles. The van der Waals surface area contributed by atoms with Crippen LogP contribution in [0.2, 0.25) is 10.0 Å². The van der Waals surface area contributed by atoms with E-state index in [-0.39, 0.29) is 0 Å². The SMILES string of the molecule is Clc1cccc(Oc2ncc(Br)cc2Cl)c1. The average molecular weight is 319 g/mol. The number of nitrogens with zero attached hydrogens (tertiary/aromatic N) is 1. The van der Waals surface area contributed by atoms with E-state index in [1.165, 1.54) is 0 Å². The highest BCUT2D eigenvalue weighted by Gasteiger charge is 2.05. The van der Waals surface area contributed by atoms with E-state index in [4.69, 9.17) is 27.9 Å². The summed E-state index contributed by atoms with van der Waals surface area (Å²) in [7, 11) is 0. The third-order valence-electron chi connectivity index (χ3n) is 1.78. The Morgan fingerprint density at radius 2 is 2.00 bits per heavy atom. The van der Waals surface area contributed by atoms with Crippen LogP contribution in [0.25, 0.3) is 0 Å². The Labute approximate surface area is 111 Å². The predicted molar refractivity (Wildman–Crippen MR) is 68.5 cm³/mol. The Bertz CT molecular complexity index is 519. The maximum atomic E-state index is 5.97. The molecule has 82 valence electrons. The van der Waals surface area contributed by atoms with Crippen molar-refractivity contribution in [2.75, 3.05) is 0 Å². The maximum absolute atomic E-state index is 5.97. The van der Waals surface area contributed by atoms with Gasteiger partial charge >= 0.3 is 0 Å². The van der Waals surface area contributed by atoms with Gasteiger partial charge in [-0.3, -0.25) is 0 Å². The number of aromatic nitrogens is 1. The number of rotatable bonds is 2. The van der Waals surface area contributed by atoms with Gasteiger partial charge in [0.05, 0.1) is 0 Å². The largest absolute Gasteiger partial charge is 0.437 e. The lowest BCUT2D eigenvalue weighted by Gasteiger charge is -2.06. The van der Waals surface area contributed by atoms with Crippen molar-refractivity contribution in [1.29, 1.82) is 0 Å². The fourth-order valence-corrected chi connectivity index (χ4v) is 1.97. The molecule has 2 nitrogen and oxygen atoms in total. The van der Waals surface area contributed by atoms with E-state index in [0.29, 0.717) is 21.7 Å². The molecule has 0 fully saturated rings. The first-order valence-corrected chi connectivity index (χ1v) is 5.94. The fraction of sp³-hybridized carbons (Fsp3) is 0. The standard InChI is InChI=1S/C11H6BrCl2NO/c12-7-4-10(14)11(15-6-7)16-9-3-1-2-8(13)5-9/h1-6H. The van der Waals surface area contributed by atoms with E-state index >= 15 is 0 Å². The van der Waals surface area contributed by atoms with Gasteiger partial charge in [-0.25, -0.2) is 4.98 Å². The smallest absolute Gasteiger partial charge is 0.238 e. The van der Waals surface area contributed by atoms with Gasteiger partial charge in [-0.2, -0.15) is 0 Å². The first kappa shape index (κ1) is 11.7. The summed E-state index contributed by atoms with van der Waals surface area (Å²) >= 11 is 15.1. The summed E-state index contributed by atoms with van der Waals surface area (Å²) in [6.45, 7) is 0. The first-order valence-electron chi connectivity index (χ1n) is 4.39. The molecule has 0 aliphatic heterocycles. The summed E-state index contributed by atoms with van der Waals surface area (Å²) in [5.74, 6) is 0.955. The lowest BCUT2D eigenvalue weighted by atomic mass is 10.3. The Morgan fingerprint density at radius 1 is 1.19 bits per heavy atom. The van der Waals surface area contributed by atoms with E-state index in [0.717, 1.165) is 4.47 Å². The summed E-state index contributed by atoms with van der Waals surface area (Å²) in [4.78, 5) is 4.06. The minimum absolute atomic E-state index is 0.354. The van der Waals surface area contributed by atoms with E-state index < -0.39 is 0 Å². The molecule has 16 heavy (non-hydrogen) atoms. The molecule has 1 heterocycles. The molecule has 1 aromatic heterocycles. The van der Waals surface area contributed by atoms with Crippen LogP contribution in [0.1, 0.15) is 0 Å². The van der Waals surface area contributed by atoms with E-state index in [1.54, 1.807) is 36.5 Å². The molecule has 2 rings (SSSR count). The van der Waals surface area contributed by atoms with E-state index in [9.17, 15) is 0 Å². The van der Waals surface area contributed by atoms with Crippen LogP contribution in [-0.2, 0) is 0 Å². The summed E-state index contributed by atoms with van der Waals surface area (Å²) in [6, 6.07) is 8.76. The zero-order valence-electron chi connectivity index (χ0n) is 7.95. The summed E-state index contributed by atoms with van der Waals surface area (Å²) < 4.78 is 6.30. The van der Waals surface area contributed by atoms with Gasteiger partial charge in [0, 0.05) is 15.7 Å². The third-order valence-corrected chi connectivity index (χ3v) is 2.72. The van der Waals surface area contributed by atoms with Crippen LogP contribution in [0.3, 0.4) is 0 Å². The number of halogens is 3. The van der Waals surface area contributed by atoms with Crippen molar-refractivity contribution in [3.63, 3.8) is 0 Å². The Hall–Kier alpha value is -0.770. The van der Waals surface area contributed by atoms with Crippen LogP contribution in [0.5, 0.6) is 11.6 Å². The quantitative estimate of drug-likeness (QED) is 0.782. The maximum Gasteiger partial charge on any atom is 0.238 e. The van der Waals surface area contributed by atoms with Crippen molar-refractivity contribution < 1.29 is 4.74 Å². The van der Waals surface area contributed by atoms with Crippen molar-refractivity contribution >= 4 is 39.1 Å². The van der Waals surface area contributed by atoms with Gasteiger partial charge in [-0.05, 0) is 40.2 Å². The van der Waals surface area contributed by atoms with Gasteiger partial charge in [0.2, 0.25) is 5.88 Å². The van der Waals surface area contributed by atoms with Crippen molar-refractivity contribution in [2.45, 2.75) is 0 Å². The minimum Gasteiger partial charge on any atom is -0.437 e. The molecule has 0 atom stereocenters. The zero-order chi connectivity index (χ0) is 11.5. The van der Waals surface area contributed by atoms with Gasteiger partial charge in [-0.15, -0.1) is 0 Å². The molecule has 0 aliphatic rings. The summed E-state index contributed by atoms with van der Waals surface area (Å²) in [5.41, 5.74) is 0. The van der Waals surface area contributed by atoms with Crippen molar-refractivity contribution in [3.05, 3.63) is 51.0 Å². The highest BCUT2D eigenvalue weighted by Crippen LogP contribution is 2.29. The molecule has 0 N–H and O–H groups in total. The van der Waals surface area contributed by atoms with Crippen LogP contribution >= 0.6 is 39.1 Å². The average Bonchev–Trinajstić information content (AvgIpc) is 2.22. The van der Waals surface area contributed by atoms with Gasteiger partial charge in [-0.1, -0.05) is 29.3 Å². The number of hydrogen-bond acceptors (Lipinski definition) is 2. The Kier molecular flexibility index (Phi) is 3.69. The molecular formula is C11H6BrCl2NO. The monoisotopic (exact) mass is 317 g/mol. The zero-order valence-corrected chi connectivity index (χ0v) is 11.1. The van der Waals surface area contributed by atoms with Crippen molar-refractivity contribution in [2.24, 2.45) is 0 Å². The molecular weight excluding hydrogens is 313 g/mol. The van der Waals surface area contributed by atoms with Gasteiger partial charge < -0.3 is 4.74 Å². The molecule has 0 unspecified atom stereocenters. The second kappa shape index (κ2) is 5.04. The molecule has 5 heteroatoms. The lowest BCUT2D eigenvalue weighted by Crippen LogP contribution is -1.88. The number of pyridine rings is 1. The lowest BCUT2D eigenvalue weighted by molar-refractivity contribution is 0.463. The van der Waals surface area contributed by atoms with Crippen LogP contribution in [0.15, 0.2) is 41.0 Å². The molecule has 0 amide bonds. The normalized spacial score (nSPS) is 10.2. The van der Waals surface area contributed by atoms with Gasteiger partial charge in [0.15, 0.2) is 0 Å². The topological polar surface area (TPSA) is 22.1 Å².